The van der Waals surface area contributed by atoms with Gasteiger partial charge in [0.2, 0.25) is 0 Å². The zero-order chi connectivity index (χ0) is 15.9. The minimum atomic E-state index is -0.252. The lowest BCUT2D eigenvalue weighted by Gasteiger charge is -2.03. The lowest BCUT2D eigenvalue weighted by molar-refractivity contribution is -0.134. The first-order chi connectivity index (χ1) is 10.6. The second kappa shape index (κ2) is 7.16. The molecule has 1 heterocycles. The van der Waals surface area contributed by atoms with Crippen molar-refractivity contribution in [3.05, 3.63) is 36.4 Å². The molecule has 1 aromatic heterocycles. The standard InChI is InChI=1S/C15H17N5O2/c1-2-3-14(21)22-11-6-4-10(5-7-11)19-20-12-8-9-13(16)18-15(12)17/h4-9H,2-3H2,1H3,(H4,16,17,18). The average Bonchev–Trinajstić information content (AvgIpc) is 2.48. The molecule has 0 amide bonds. The van der Waals surface area contributed by atoms with Crippen molar-refractivity contribution >= 4 is 29.0 Å². The number of ether oxygens (including phenoxy) is 1. The molecule has 0 atom stereocenters. The number of carbonyl (C=O) groups is 1. The van der Waals surface area contributed by atoms with Gasteiger partial charge >= 0.3 is 5.97 Å². The summed E-state index contributed by atoms with van der Waals surface area (Å²) in [5.41, 5.74) is 12.2. The van der Waals surface area contributed by atoms with Crippen molar-refractivity contribution in [1.82, 2.24) is 4.98 Å². The van der Waals surface area contributed by atoms with E-state index in [0.717, 1.165) is 6.42 Å². The Morgan fingerprint density at radius 3 is 2.50 bits per heavy atom. The third-order valence-electron chi connectivity index (χ3n) is 2.72. The Labute approximate surface area is 128 Å². The maximum Gasteiger partial charge on any atom is 0.311 e. The number of nitrogens with zero attached hydrogens (tertiary/aromatic N) is 3. The molecule has 2 rings (SSSR count). The topological polar surface area (TPSA) is 116 Å². The van der Waals surface area contributed by atoms with Crippen LogP contribution < -0.4 is 16.2 Å². The zero-order valence-corrected chi connectivity index (χ0v) is 12.2. The predicted octanol–water partition coefficient (Wildman–Crippen LogP) is 3.37. The highest BCUT2D eigenvalue weighted by atomic mass is 16.5. The molecule has 0 bridgehead atoms. The summed E-state index contributed by atoms with van der Waals surface area (Å²) in [7, 11) is 0. The van der Waals surface area contributed by atoms with Crippen molar-refractivity contribution in [3.8, 4) is 5.75 Å². The first kappa shape index (κ1) is 15.4. The molecule has 0 spiro atoms. The third-order valence-corrected chi connectivity index (χ3v) is 2.72. The number of rotatable bonds is 5. The Hall–Kier alpha value is -2.96. The molecule has 22 heavy (non-hydrogen) atoms. The third kappa shape index (κ3) is 4.27. The summed E-state index contributed by atoms with van der Waals surface area (Å²) >= 11 is 0. The molecule has 1 aromatic carbocycles. The van der Waals surface area contributed by atoms with Crippen molar-refractivity contribution in [1.29, 1.82) is 0 Å². The highest BCUT2D eigenvalue weighted by Gasteiger charge is 2.03. The molecule has 0 aliphatic rings. The summed E-state index contributed by atoms with van der Waals surface area (Å²) < 4.78 is 5.15. The van der Waals surface area contributed by atoms with Gasteiger partial charge in [-0.2, -0.15) is 5.11 Å². The Kier molecular flexibility index (Phi) is 5.02. The van der Waals surface area contributed by atoms with Crippen LogP contribution in [-0.2, 0) is 4.79 Å². The lowest BCUT2D eigenvalue weighted by Crippen LogP contribution is -2.06. The molecule has 0 radical (unpaired) electrons. The number of nitrogen functional groups attached to an aromatic ring is 2. The number of carbonyl (C=O) groups excluding carboxylic acids is 1. The molecule has 0 saturated carbocycles. The predicted molar refractivity (Wildman–Crippen MR) is 84.2 cm³/mol. The van der Waals surface area contributed by atoms with Crippen LogP contribution in [0.15, 0.2) is 46.6 Å². The second-order valence-electron chi connectivity index (χ2n) is 4.56. The van der Waals surface area contributed by atoms with E-state index in [0.29, 0.717) is 29.4 Å². The summed E-state index contributed by atoms with van der Waals surface area (Å²) in [6.45, 7) is 1.92. The van der Waals surface area contributed by atoms with E-state index >= 15 is 0 Å². The van der Waals surface area contributed by atoms with Crippen LogP contribution in [0.25, 0.3) is 0 Å². The van der Waals surface area contributed by atoms with E-state index in [2.05, 4.69) is 15.2 Å². The SMILES string of the molecule is CCCC(=O)Oc1ccc(N=Nc2ccc(N)nc2N)cc1. The van der Waals surface area contributed by atoms with E-state index < -0.39 is 0 Å². The van der Waals surface area contributed by atoms with Gasteiger partial charge in [0, 0.05) is 6.42 Å². The van der Waals surface area contributed by atoms with Gasteiger partial charge in [0.25, 0.3) is 0 Å². The maximum atomic E-state index is 11.4. The molecule has 114 valence electrons. The lowest BCUT2D eigenvalue weighted by atomic mass is 10.3. The van der Waals surface area contributed by atoms with Gasteiger partial charge in [0.05, 0.1) is 5.69 Å². The molecule has 0 aliphatic heterocycles. The Morgan fingerprint density at radius 2 is 1.86 bits per heavy atom. The van der Waals surface area contributed by atoms with E-state index in [4.69, 9.17) is 16.2 Å². The van der Waals surface area contributed by atoms with Crippen LogP contribution in [0.5, 0.6) is 5.75 Å². The highest BCUT2D eigenvalue weighted by Crippen LogP contribution is 2.25. The number of hydrogen-bond donors (Lipinski definition) is 2. The summed E-state index contributed by atoms with van der Waals surface area (Å²) in [4.78, 5) is 15.3. The normalized spacial score (nSPS) is 10.8. The number of nitrogens with two attached hydrogens (primary N) is 2. The molecular formula is C15H17N5O2. The van der Waals surface area contributed by atoms with E-state index in [1.54, 1.807) is 36.4 Å². The van der Waals surface area contributed by atoms with Crippen LogP contribution in [0, 0.1) is 0 Å². The maximum absolute atomic E-state index is 11.4. The van der Waals surface area contributed by atoms with Crippen LogP contribution >= 0.6 is 0 Å². The van der Waals surface area contributed by atoms with E-state index in [1.165, 1.54) is 0 Å². The van der Waals surface area contributed by atoms with Crippen molar-refractivity contribution in [2.75, 3.05) is 11.5 Å². The van der Waals surface area contributed by atoms with Crippen LogP contribution in [0.3, 0.4) is 0 Å². The summed E-state index contributed by atoms with van der Waals surface area (Å²) in [5, 5.41) is 8.06. The molecule has 4 N–H and O–H groups in total. The first-order valence-corrected chi connectivity index (χ1v) is 6.83. The molecule has 0 fully saturated rings. The summed E-state index contributed by atoms with van der Waals surface area (Å²) in [6.07, 6.45) is 1.15. The Morgan fingerprint density at radius 1 is 1.14 bits per heavy atom. The van der Waals surface area contributed by atoms with Crippen LogP contribution in [0.2, 0.25) is 0 Å². The van der Waals surface area contributed by atoms with Crippen molar-refractivity contribution < 1.29 is 9.53 Å². The Balaban J connectivity index is 2.04. The molecular weight excluding hydrogens is 282 g/mol. The van der Waals surface area contributed by atoms with Gasteiger partial charge in [-0.15, -0.1) is 5.11 Å². The van der Waals surface area contributed by atoms with Gasteiger partial charge in [-0.3, -0.25) is 4.79 Å². The number of pyridine rings is 1. The van der Waals surface area contributed by atoms with Crippen LogP contribution in [0.4, 0.5) is 23.0 Å². The first-order valence-electron chi connectivity index (χ1n) is 6.83. The van der Waals surface area contributed by atoms with Gasteiger partial charge in [-0.25, -0.2) is 4.98 Å². The largest absolute Gasteiger partial charge is 0.427 e. The van der Waals surface area contributed by atoms with Gasteiger partial charge in [-0.05, 0) is 42.8 Å². The highest BCUT2D eigenvalue weighted by molar-refractivity contribution is 5.72. The van der Waals surface area contributed by atoms with Gasteiger partial charge < -0.3 is 16.2 Å². The Bertz CT molecular complexity index is 683. The smallest absolute Gasteiger partial charge is 0.311 e. The fourth-order valence-corrected chi connectivity index (χ4v) is 1.65. The van der Waals surface area contributed by atoms with Crippen molar-refractivity contribution in [2.45, 2.75) is 19.8 Å². The monoisotopic (exact) mass is 299 g/mol. The number of aromatic nitrogens is 1. The molecule has 0 unspecified atom stereocenters. The number of anilines is 2. The van der Waals surface area contributed by atoms with Gasteiger partial charge in [0.15, 0.2) is 5.82 Å². The minimum absolute atomic E-state index is 0.217. The fraction of sp³-hybridized carbons (Fsp3) is 0.200. The van der Waals surface area contributed by atoms with E-state index in [1.807, 2.05) is 6.92 Å². The van der Waals surface area contributed by atoms with Gasteiger partial charge in [-0.1, -0.05) is 6.92 Å². The number of benzene rings is 1. The van der Waals surface area contributed by atoms with Crippen molar-refractivity contribution in [2.24, 2.45) is 10.2 Å². The molecule has 0 aliphatic carbocycles. The number of azo groups is 1. The molecule has 7 nitrogen and oxygen atoms in total. The average molecular weight is 299 g/mol. The summed E-state index contributed by atoms with van der Waals surface area (Å²) in [5.74, 6) is 0.771. The second-order valence-corrected chi connectivity index (χ2v) is 4.56. The molecule has 2 aromatic rings. The minimum Gasteiger partial charge on any atom is -0.427 e. The fourth-order valence-electron chi connectivity index (χ4n) is 1.65. The zero-order valence-electron chi connectivity index (χ0n) is 12.2. The molecule has 0 saturated heterocycles. The van der Waals surface area contributed by atoms with Crippen LogP contribution in [0.1, 0.15) is 19.8 Å². The van der Waals surface area contributed by atoms with E-state index in [9.17, 15) is 4.79 Å². The number of hydrogen-bond acceptors (Lipinski definition) is 7. The summed E-state index contributed by atoms with van der Waals surface area (Å²) in [6, 6.07) is 9.94. The quantitative estimate of drug-likeness (QED) is 0.499. The number of esters is 1. The molecule has 7 heteroatoms. The van der Waals surface area contributed by atoms with Crippen LogP contribution in [-0.4, -0.2) is 11.0 Å². The van der Waals surface area contributed by atoms with E-state index in [-0.39, 0.29) is 11.8 Å². The van der Waals surface area contributed by atoms with Crippen molar-refractivity contribution in [3.63, 3.8) is 0 Å². The van der Waals surface area contributed by atoms with Gasteiger partial charge in [0.1, 0.15) is 17.3 Å².